The van der Waals surface area contributed by atoms with E-state index in [4.69, 9.17) is 4.74 Å². The van der Waals surface area contributed by atoms with Crippen LogP contribution in [0.2, 0.25) is 0 Å². The second-order valence-corrected chi connectivity index (χ2v) is 5.11. The Morgan fingerprint density at radius 3 is 2.74 bits per heavy atom. The molecule has 0 aromatic carbocycles. The maximum Gasteiger partial charge on any atom is 0.225 e. The number of hydrogen-bond donors (Lipinski definition) is 1. The van der Waals surface area contributed by atoms with Gasteiger partial charge in [0.1, 0.15) is 0 Å². The zero-order chi connectivity index (χ0) is 13.7. The summed E-state index contributed by atoms with van der Waals surface area (Å²) in [6.07, 6.45) is 6.24. The third-order valence-electron chi connectivity index (χ3n) is 3.60. The van der Waals surface area contributed by atoms with Crippen molar-refractivity contribution in [2.24, 2.45) is 0 Å². The molecule has 0 bridgehead atoms. The number of likely N-dealkylation sites (N-methyl/N-ethyl adjacent to an activating group) is 1. The molecule has 2 heterocycles. The average molecular weight is 264 g/mol. The summed E-state index contributed by atoms with van der Waals surface area (Å²) in [7, 11) is 2.04. The van der Waals surface area contributed by atoms with Crippen molar-refractivity contribution in [2.45, 2.75) is 45.4 Å². The van der Waals surface area contributed by atoms with Crippen molar-refractivity contribution < 1.29 is 4.74 Å². The van der Waals surface area contributed by atoms with Gasteiger partial charge in [-0.05, 0) is 26.3 Å². The first kappa shape index (κ1) is 14.2. The van der Waals surface area contributed by atoms with Crippen LogP contribution in [-0.2, 0) is 11.3 Å². The molecule has 106 valence electrons. The van der Waals surface area contributed by atoms with Crippen molar-refractivity contribution in [3.8, 4) is 0 Å². The van der Waals surface area contributed by atoms with E-state index >= 15 is 0 Å². The van der Waals surface area contributed by atoms with Gasteiger partial charge in [0.25, 0.3) is 0 Å². The highest BCUT2D eigenvalue weighted by atomic mass is 16.5. The van der Waals surface area contributed by atoms with Crippen molar-refractivity contribution in [2.75, 3.05) is 25.1 Å². The minimum Gasteiger partial charge on any atom is -0.376 e. The number of ether oxygens (including phenoxy) is 1. The number of hydrogen-bond acceptors (Lipinski definition) is 5. The first-order chi connectivity index (χ1) is 9.22. The molecule has 0 amide bonds. The van der Waals surface area contributed by atoms with Crippen LogP contribution in [-0.4, -0.2) is 42.3 Å². The fourth-order valence-electron chi connectivity index (χ4n) is 2.41. The van der Waals surface area contributed by atoms with Gasteiger partial charge in [-0.15, -0.1) is 0 Å². The summed E-state index contributed by atoms with van der Waals surface area (Å²) in [6, 6.07) is 0.379. The minimum atomic E-state index is 0.250. The Morgan fingerprint density at radius 1 is 1.42 bits per heavy atom. The summed E-state index contributed by atoms with van der Waals surface area (Å²) in [4.78, 5) is 11.0. The number of nitrogens with zero attached hydrogens (tertiary/aromatic N) is 3. The molecular formula is C14H24N4O. The molecule has 5 heteroatoms. The van der Waals surface area contributed by atoms with Crippen LogP contribution >= 0.6 is 0 Å². The molecule has 1 aromatic rings. The van der Waals surface area contributed by atoms with Gasteiger partial charge >= 0.3 is 0 Å². The zero-order valence-corrected chi connectivity index (χ0v) is 12.1. The zero-order valence-electron chi connectivity index (χ0n) is 12.1. The Morgan fingerprint density at radius 2 is 2.16 bits per heavy atom. The molecular weight excluding hydrogens is 240 g/mol. The monoisotopic (exact) mass is 264 g/mol. The van der Waals surface area contributed by atoms with Crippen LogP contribution in [0.25, 0.3) is 0 Å². The van der Waals surface area contributed by atoms with Gasteiger partial charge < -0.3 is 15.0 Å². The van der Waals surface area contributed by atoms with Crippen molar-refractivity contribution in [3.05, 3.63) is 18.0 Å². The van der Waals surface area contributed by atoms with E-state index < -0.39 is 0 Å². The fraction of sp³-hybridized carbons (Fsp3) is 0.714. The highest BCUT2D eigenvalue weighted by molar-refractivity contribution is 5.31. The Balaban J connectivity index is 1.93. The maximum atomic E-state index is 5.59. The summed E-state index contributed by atoms with van der Waals surface area (Å²) in [5.41, 5.74) is 1.13. The third kappa shape index (κ3) is 3.64. The first-order valence-electron chi connectivity index (χ1n) is 7.08. The predicted molar refractivity (Wildman–Crippen MR) is 76.3 cm³/mol. The third-order valence-corrected chi connectivity index (χ3v) is 3.60. The van der Waals surface area contributed by atoms with E-state index in [2.05, 4.69) is 34.0 Å². The van der Waals surface area contributed by atoms with Crippen LogP contribution in [0.1, 0.15) is 32.3 Å². The maximum absolute atomic E-state index is 5.59. The lowest BCUT2D eigenvalue weighted by molar-refractivity contribution is 0.118. The Labute approximate surface area is 115 Å². The lowest BCUT2D eigenvalue weighted by Crippen LogP contribution is -2.37. The molecule has 1 fully saturated rings. The van der Waals surface area contributed by atoms with Crippen LogP contribution in [0, 0.1) is 0 Å². The molecule has 2 rings (SSSR count). The normalized spacial score (nSPS) is 22.7. The average Bonchev–Trinajstić information content (AvgIpc) is 2.85. The van der Waals surface area contributed by atoms with Crippen molar-refractivity contribution >= 4 is 5.95 Å². The molecule has 0 saturated carbocycles. The quantitative estimate of drug-likeness (QED) is 0.791. The highest BCUT2D eigenvalue weighted by Crippen LogP contribution is 2.21. The standard InChI is InChI=1S/C14H24N4O/c1-4-6-15-8-12-9-16-14(17-10-12)18(3)13-5-7-19-11(13)2/h9-11,13,15H,4-8H2,1-3H3. The summed E-state index contributed by atoms with van der Waals surface area (Å²) in [5, 5.41) is 3.35. The molecule has 5 nitrogen and oxygen atoms in total. The van der Waals surface area contributed by atoms with E-state index in [1.54, 1.807) is 0 Å². The molecule has 1 aliphatic heterocycles. The topological polar surface area (TPSA) is 50.3 Å². The molecule has 0 aliphatic carbocycles. The van der Waals surface area contributed by atoms with E-state index in [9.17, 15) is 0 Å². The Hall–Kier alpha value is -1.20. The van der Waals surface area contributed by atoms with E-state index in [1.165, 1.54) is 0 Å². The van der Waals surface area contributed by atoms with Gasteiger partial charge in [-0.3, -0.25) is 0 Å². The highest BCUT2D eigenvalue weighted by Gasteiger charge is 2.29. The van der Waals surface area contributed by atoms with Gasteiger partial charge in [0.05, 0.1) is 12.1 Å². The number of aromatic nitrogens is 2. The van der Waals surface area contributed by atoms with Gasteiger partial charge in [-0.2, -0.15) is 0 Å². The molecule has 19 heavy (non-hydrogen) atoms. The predicted octanol–water partition coefficient (Wildman–Crippen LogP) is 1.59. The number of nitrogens with one attached hydrogen (secondary N) is 1. The minimum absolute atomic E-state index is 0.250. The van der Waals surface area contributed by atoms with Crippen LogP contribution in [0.5, 0.6) is 0 Å². The van der Waals surface area contributed by atoms with E-state index in [0.29, 0.717) is 6.04 Å². The van der Waals surface area contributed by atoms with Crippen LogP contribution in [0.15, 0.2) is 12.4 Å². The molecule has 0 radical (unpaired) electrons. The molecule has 1 N–H and O–H groups in total. The van der Waals surface area contributed by atoms with Crippen molar-refractivity contribution in [1.82, 2.24) is 15.3 Å². The smallest absolute Gasteiger partial charge is 0.225 e. The Kier molecular flexibility index (Phi) is 5.10. The summed E-state index contributed by atoms with van der Waals surface area (Å²) in [6.45, 7) is 6.96. The lowest BCUT2D eigenvalue weighted by Gasteiger charge is -2.26. The lowest BCUT2D eigenvalue weighted by atomic mass is 10.1. The van der Waals surface area contributed by atoms with E-state index in [1.807, 2.05) is 19.4 Å². The molecule has 1 aromatic heterocycles. The van der Waals surface area contributed by atoms with Crippen LogP contribution in [0.4, 0.5) is 5.95 Å². The molecule has 2 unspecified atom stereocenters. The summed E-state index contributed by atoms with van der Waals surface area (Å²) in [5.74, 6) is 0.779. The number of anilines is 1. The number of rotatable bonds is 6. The summed E-state index contributed by atoms with van der Waals surface area (Å²) >= 11 is 0. The van der Waals surface area contributed by atoms with Gasteiger partial charge in [-0.25, -0.2) is 9.97 Å². The Bertz CT molecular complexity index is 382. The van der Waals surface area contributed by atoms with Gasteiger partial charge in [0.2, 0.25) is 5.95 Å². The fourth-order valence-corrected chi connectivity index (χ4v) is 2.41. The molecule has 0 spiro atoms. The molecule has 1 saturated heterocycles. The van der Waals surface area contributed by atoms with Gasteiger partial charge in [-0.1, -0.05) is 6.92 Å². The summed E-state index contributed by atoms with van der Waals surface area (Å²) < 4.78 is 5.59. The van der Waals surface area contributed by atoms with Gasteiger partial charge in [0, 0.05) is 38.2 Å². The molecule has 2 atom stereocenters. The van der Waals surface area contributed by atoms with Crippen molar-refractivity contribution in [3.63, 3.8) is 0 Å². The van der Waals surface area contributed by atoms with Crippen LogP contribution < -0.4 is 10.2 Å². The van der Waals surface area contributed by atoms with Gasteiger partial charge in [0.15, 0.2) is 0 Å². The second-order valence-electron chi connectivity index (χ2n) is 5.11. The largest absolute Gasteiger partial charge is 0.376 e. The van der Waals surface area contributed by atoms with E-state index in [0.717, 1.165) is 44.0 Å². The first-order valence-corrected chi connectivity index (χ1v) is 7.08. The van der Waals surface area contributed by atoms with Crippen LogP contribution in [0.3, 0.4) is 0 Å². The molecule has 1 aliphatic rings. The SMILES string of the molecule is CCCNCc1cnc(N(C)C2CCOC2C)nc1. The van der Waals surface area contributed by atoms with Crippen molar-refractivity contribution in [1.29, 1.82) is 0 Å². The van der Waals surface area contributed by atoms with E-state index in [-0.39, 0.29) is 6.10 Å². The second kappa shape index (κ2) is 6.82.